The van der Waals surface area contributed by atoms with Crippen LogP contribution in [0.5, 0.6) is 0 Å². The van der Waals surface area contributed by atoms with Gasteiger partial charge in [-0.1, -0.05) is 5.16 Å². The highest BCUT2D eigenvalue weighted by molar-refractivity contribution is 5.90. The molecule has 1 atom stereocenters. The van der Waals surface area contributed by atoms with Crippen LogP contribution in [-0.2, 0) is 30.7 Å². The van der Waals surface area contributed by atoms with Gasteiger partial charge in [0.1, 0.15) is 30.5 Å². The Balaban J connectivity index is 1.37. The topological polar surface area (TPSA) is 109 Å². The molecule has 1 N–H and O–H groups in total. The van der Waals surface area contributed by atoms with Gasteiger partial charge in [0.25, 0.3) is 6.43 Å². The highest BCUT2D eigenvalue weighted by Gasteiger charge is 2.33. The van der Waals surface area contributed by atoms with Crippen molar-refractivity contribution in [3.05, 3.63) is 52.7 Å². The molecular formula is C23H21F3N6O3. The fourth-order valence-corrected chi connectivity index (χ4v) is 4.54. The Kier molecular flexibility index (Phi) is 6.17. The van der Waals surface area contributed by atoms with Crippen molar-refractivity contribution in [3.63, 3.8) is 0 Å². The quantitative estimate of drug-likeness (QED) is 0.590. The second-order valence-corrected chi connectivity index (χ2v) is 8.55. The van der Waals surface area contributed by atoms with E-state index in [0.717, 1.165) is 28.6 Å². The number of amides is 2. The molecule has 9 nitrogen and oxygen atoms in total. The monoisotopic (exact) mass is 486 g/mol. The van der Waals surface area contributed by atoms with Crippen molar-refractivity contribution in [2.75, 3.05) is 25.1 Å². The molecule has 0 saturated heterocycles. The number of benzene rings is 1. The number of nitrogens with zero attached hydrogens (tertiary/aromatic N) is 5. The molecule has 0 bridgehead atoms. The Labute approximate surface area is 198 Å². The Morgan fingerprint density at radius 2 is 2.26 bits per heavy atom. The smallest absolute Gasteiger partial charge is 0.322 e. The fourth-order valence-electron chi connectivity index (χ4n) is 4.54. The van der Waals surface area contributed by atoms with Crippen LogP contribution in [0.3, 0.4) is 0 Å². The lowest BCUT2D eigenvalue weighted by molar-refractivity contribution is 0.00164. The van der Waals surface area contributed by atoms with Crippen molar-refractivity contribution in [2.45, 2.75) is 32.4 Å². The lowest BCUT2D eigenvalue weighted by Crippen LogP contribution is -2.38. The number of rotatable bonds is 5. The van der Waals surface area contributed by atoms with E-state index in [4.69, 9.17) is 19.6 Å². The first-order chi connectivity index (χ1) is 16.9. The van der Waals surface area contributed by atoms with Crippen LogP contribution in [0.25, 0.3) is 11.4 Å². The van der Waals surface area contributed by atoms with Gasteiger partial charge < -0.3 is 19.5 Å². The zero-order chi connectivity index (χ0) is 24.5. The third-order valence-corrected chi connectivity index (χ3v) is 6.13. The van der Waals surface area contributed by atoms with E-state index >= 15 is 0 Å². The van der Waals surface area contributed by atoms with Gasteiger partial charge in [0, 0.05) is 42.2 Å². The lowest BCUT2D eigenvalue weighted by Gasteiger charge is -2.27. The van der Waals surface area contributed by atoms with Gasteiger partial charge in [-0.3, -0.25) is 4.68 Å². The summed E-state index contributed by atoms with van der Waals surface area (Å²) in [5, 5.41) is 20.6. The van der Waals surface area contributed by atoms with E-state index in [1.807, 2.05) is 0 Å². The third-order valence-electron chi connectivity index (χ3n) is 6.13. The summed E-state index contributed by atoms with van der Waals surface area (Å²) in [6.07, 6.45) is 0.0584. The average molecular weight is 486 g/mol. The summed E-state index contributed by atoms with van der Waals surface area (Å²) in [5.41, 5.74) is 4.03. The molecule has 2 aromatic heterocycles. The van der Waals surface area contributed by atoms with Gasteiger partial charge in [0.15, 0.2) is 0 Å². The summed E-state index contributed by atoms with van der Waals surface area (Å²) in [5.74, 6) is -0.751. The van der Waals surface area contributed by atoms with Crippen LogP contribution < -0.4 is 5.32 Å². The third kappa shape index (κ3) is 4.59. The maximum absolute atomic E-state index is 13.6. The summed E-state index contributed by atoms with van der Waals surface area (Å²) < 4.78 is 50.8. The van der Waals surface area contributed by atoms with E-state index in [9.17, 15) is 18.0 Å². The molecule has 1 aromatic carbocycles. The van der Waals surface area contributed by atoms with Gasteiger partial charge >= 0.3 is 6.03 Å². The normalized spacial score (nSPS) is 16.8. The predicted molar refractivity (Wildman–Crippen MR) is 116 cm³/mol. The highest BCUT2D eigenvalue weighted by Crippen LogP contribution is 2.36. The van der Waals surface area contributed by atoms with Crippen molar-refractivity contribution in [2.24, 2.45) is 5.92 Å². The van der Waals surface area contributed by atoms with E-state index in [1.165, 1.54) is 12.1 Å². The average Bonchev–Trinajstić information content (AvgIpc) is 3.39. The summed E-state index contributed by atoms with van der Waals surface area (Å²) in [6.45, 7) is 0.662. The van der Waals surface area contributed by atoms with Crippen molar-refractivity contribution >= 4 is 11.7 Å². The van der Waals surface area contributed by atoms with Crippen molar-refractivity contribution < 1.29 is 27.2 Å². The van der Waals surface area contributed by atoms with Crippen LogP contribution in [-0.4, -0.2) is 52.1 Å². The maximum atomic E-state index is 13.6. The molecule has 12 heteroatoms. The number of nitriles is 1. The Hall–Kier alpha value is -3.85. The molecule has 4 heterocycles. The van der Waals surface area contributed by atoms with Crippen molar-refractivity contribution in [3.8, 4) is 17.5 Å². The number of nitrogens with one attached hydrogen (secondary N) is 1. The number of hydrogen-bond acceptors (Lipinski definition) is 6. The molecule has 0 radical (unpaired) electrons. The second-order valence-electron chi connectivity index (χ2n) is 8.55. The summed E-state index contributed by atoms with van der Waals surface area (Å²) in [6, 6.07) is 5.18. The fraction of sp³-hybridized carbons (Fsp3) is 0.391. The van der Waals surface area contributed by atoms with E-state index in [2.05, 4.69) is 10.5 Å². The molecule has 5 rings (SSSR count). The van der Waals surface area contributed by atoms with Crippen molar-refractivity contribution in [1.29, 1.82) is 5.26 Å². The number of hydrogen-bond donors (Lipinski definition) is 1. The van der Waals surface area contributed by atoms with E-state index in [0.29, 0.717) is 37.3 Å². The first-order valence-electron chi connectivity index (χ1n) is 11.1. The minimum Gasteiger partial charge on any atom is -0.375 e. The number of anilines is 1. The largest absolute Gasteiger partial charge is 0.375 e. The number of alkyl halides is 2. The molecule has 35 heavy (non-hydrogen) atoms. The summed E-state index contributed by atoms with van der Waals surface area (Å²) >= 11 is 0. The number of fused-ring (bicyclic) bond motifs is 5. The predicted octanol–water partition coefficient (Wildman–Crippen LogP) is 3.59. The number of carbonyl (C=O) groups excluding carboxylic acids is 1. The van der Waals surface area contributed by atoms with Crippen LogP contribution in [0, 0.1) is 23.1 Å². The number of carbonyl (C=O) groups is 1. The molecule has 0 unspecified atom stereocenters. The van der Waals surface area contributed by atoms with Crippen LogP contribution >= 0.6 is 0 Å². The minimum absolute atomic E-state index is 0.0956. The zero-order valence-corrected chi connectivity index (χ0v) is 18.5. The van der Waals surface area contributed by atoms with Crippen LogP contribution in [0.1, 0.15) is 22.4 Å². The van der Waals surface area contributed by atoms with Gasteiger partial charge in [-0.15, -0.1) is 0 Å². The summed E-state index contributed by atoms with van der Waals surface area (Å²) in [7, 11) is 0. The molecule has 0 saturated carbocycles. The van der Waals surface area contributed by atoms with E-state index in [-0.39, 0.29) is 24.6 Å². The molecule has 2 aliphatic rings. The Morgan fingerprint density at radius 3 is 3.06 bits per heavy atom. The number of ether oxygens (including phenoxy) is 1. The molecular weight excluding hydrogens is 465 g/mol. The first-order valence-corrected chi connectivity index (χ1v) is 11.1. The van der Waals surface area contributed by atoms with Gasteiger partial charge in [-0.25, -0.2) is 18.0 Å². The molecule has 0 spiro atoms. The Bertz CT molecular complexity index is 1300. The first kappa shape index (κ1) is 22.9. The van der Waals surface area contributed by atoms with Gasteiger partial charge in [-0.05, 0) is 24.6 Å². The standard InChI is InChI=1S/C23H21F3N6O3/c24-18-2-1-16(6-14(18)7-27)28-23(33)31-4-3-19-17(9-31)22-21-15(11-35-30-21)5-13(8-32(22)29-19)10-34-12-20(25)26/h1-2,6,11,13,20H,3-5,8-10,12H2,(H,28,33)/t13-/m1/s1. The van der Waals surface area contributed by atoms with Crippen LogP contribution in [0.15, 0.2) is 29.0 Å². The Morgan fingerprint density at radius 1 is 1.40 bits per heavy atom. The SMILES string of the molecule is N#Cc1cc(NC(=O)N2CCc3nn4c(c3C2)-c2nocc2C[C@@H](COCC(F)F)C4)ccc1F. The molecule has 2 amide bonds. The molecule has 2 aliphatic heterocycles. The molecule has 182 valence electrons. The second kappa shape index (κ2) is 9.42. The molecule has 0 aliphatic carbocycles. The van der Waals surface area contributed by atoms with E-state index in [1.54, 1.807) is 21.9 Å². The molecule has 0 fully saturated rings. The minimum atomic E-state index is -2.53. The maximum Gasteiger partial charge on any atom is 0.322 e. The zero-order valence-electron chi connectivity index (χ0n) is 18.5. The number of aromatic nitrogens is 3. The number of halogens is 3. The van der Waals surface area contributed by atoms with Crippen molar-refractivity contribution in [1.82, 2.24) is 19.8 Å². The lowest BCUT2D eigenvalue weighted by atomic mass is 9.99. The van der Waals surface area contributed by atoms with E-state index < -0.39 is 24.9 Å². The van der Waals surface area contributed by atoms with Gasteiger partial charge in [0.05, 0.1) is 30.1 Å². The molecule has 3 aromatic rings. The highest BCUT2D eigenvalue weighted by atomic mass is 19.3. The number of urea groups is 1. The van der Waals surface area contributed by atoms with Gasteiger partial charge in [-0.2, -0.15) is 10.4 Å². The van der Waals surface area contributed by atoms with Gasteiger partial charge in [0.2, 0.25) is 0 Å². The van der Waals surface area contributed by atoms with Crippen LogP contribution in [0.4, 0.5) is 23.7 Å². The summed E-state index contributed by atoms with van der Waals surface area (Å²) in [4.78, 5) is 14.5. The van der Waals surface area contributed by atoms with Crippen LogP contribution in [0.2, 0.25) is 0 Å².